The molecule has 2 nitrogen and oxygen atoms in total. The molecule has 0 saturated heterocycles. The van der Waals surface area contributed by atoms with Gasteiger partial charge in [-0.15, -0.1) is 0 Å². The minimum atomic E-state index is 0.273. The summed E-state index contributed by atoms with van der Waals surface area (Å²) in [7, 11) is 0. The maximum atomic E-state index is 3.59. The van der Waals surface area contributed by atoms with E-state index in [1.165, 1.54) is 38.8 Å². The van der Waals surface area contributed by atoms with E-state index in [9.17, 15) is 0 Å². The lowest BCUT2D eigenvalue weighted by atomic mass is 10.1. The molecule has 1 N–H and O–H groups in total. The Bertz CT molecular complexity index is 199. The van der Waals surface area contributed by atoms with E-state index in [2.05, 4.69) is 31.0 Å². The van der Waals surface area contributed by atoms with Crippen LogP contribution < -0.4 is 5.32 Å². The second kappa shape index (κ2) is 4.42. The van der Waals surface area contributed by atoms with Gasteiger partial charge in [0.25, 0.3) is 0 Å². The first-order chi connectivity index (χ1) is 7.04. The molecule has 2 fully saturated rings. The fourth-order valence-corrected chi connectivity index (χ4v) is 2.07. The van der Waals surface area contributed by atoms with Crippen molar-refractivity contribution >= 4 is 0 Å². The van der Waals surface area contributed by atoms with E-state index in [-0.39, 0.29) is 5.54 Å². The van der Waals surface area contributed by atoms with Gasteiger partial charge >= 0.3 is 0 Å². The fourth-order valence-electron chi connectivity index (χ4n) is 2.07. The molecule has 0 atom stereocenters. The molecule has 0 unspecified atom stereocenters. The van der Waals surface area contributed by atoms with E-state index in [0.29, 0.717) is 0 Å². The first kappa shape index (κ1) is 11.4. The van der Waals surface area contributed by atoms with Crippen LogP contribution >= 0.6 is 0 Å². The van der Waals surface area contributed by atoms with E-state index in [0.717, 1.165) is 18.5 Å². The first-order valence-electron chi connectivity index (χ1n) is 6.54. The molecular weight excluding hydrogens is 184 g/mol. The van der Waals surface area contributed by atoms with E-state index < -0.39 is 0 Å². The van der Waals surface area contributed by atoms with E-state index >= 15 is 0 Å². The maximum absolute atomic E-state index is 3.59. The molecule has 2 aliphatic carbocycles. The monoisotopic (exact) mass is 210 g/mol. The summed E-state index contributed by atoms with van der Waals surface area (Å²) >= 11 is 0. The van der Waals surface area contributed by atoms with Crippen LogP contribution in [-0.2, 0) is 0 Å². The lowest BCUT2D eigenvalue weighted by Gasteiger charge is -2.26. The molecule has 2 saturated carbocycles. The summed E-state index contributed by atoms with van der Waals surface area (Å²) < 4.78 is 0. The molecule has 0 aliphatic heterocycles. The zero-order chi connectivity index (χ0) is 10.9. The molecule has 88 valence electrons. The van der Waals surface area contributed by atoms with Gasteiger partial charge in [0.1, 0.15) is 0 Å². The van der Waals surface area contributed by atoms with Crippen molar-refractivity contribution in [3.8, 4) is 0 Å². The summed E-state index contributed by atoms with van der Waals surface area (Å²) in [6.45, 7) is 10.5. The van der Waals surface area contributed by atoms with Crippen molar-refractivity contribution in [3.05, 3.63) is 0 Å². The van der Waals surface area contributed by atoms with Crippen LogP contribution in [0.5, 0.6) is 0 Å². The lowest BCUT2D eigenvalue weighted by Crippen LogP contribution is -2.42. The fraction of sp³-hybridized carbons (Fsp3) is 1.00. The van der Waals surface area contributed by atoms with Gasteiger partial charge in [-0.2, -0.15) is 0 Å². The van der Waals surface area contributed by atoms with Gasteiger partial charge in [0.05, 0.1) is 0 Å². The molecule has 0 radical (unpaired) electrons. The number of hydrogen-bond donors (Lipinski definition) is 1. The quantitative estimate of drug-likeness (QED) is 0.723. The Morgan fingerprint density at radius 3 is 2.27 bits per heavy atom. The van der Waals surface area contributed by atoms with Gasteiger partial charge in [-0.3, -0.25) is 4.90 Å². The van der Waals surface area contributed by atoms with Crippen LogP contribution in [0.15, 0.2) is 0 Å². The van der Waals surface area contributed by atoms with Gasteiger partial charge in [-0.1, -0.05) is 0 Å². The highest BCUT2D eigenvalue weighted by atomic mass is 15.2. The van der Waals surface area contributed by atoms with Crippen LogP contribution in [0.1, 0.15) is 46.5 Å². The van der Waals surface area contributed by atoms with Crippen LogP contribution in [0, 0.1) is 5.92 Å². The summed E-state index contributed by atoms with van der Waals surface area (Å²) in [6, 6.07) is 0.937. The number of rotatable bonds is 6. The molecule has 2 rings (SSSR count). The van der Waals surface area contributed by atoms with Crippen molar-refractivity contribution in [2.45, 2.75) is 58.0 Å². The Hall–Kier alpha value is -0.0800. The van der Waals surface area contributed by atoms with Gasteiger partial charge in [-0.25, -0.2) is 0 Å². The third-order valence-corrected chi connectivity index (χ3v) is 3.31. The highest BCUT2D eigenvalue weighted by Gasteiger charge is 2.33. The normalized spacial score (nSPS) is 22.4. The number of nitrogens with zero attached hydrogens (tertiary/aromatic N) is 1. The Balaban J connectivity index is 1.64. The molecule has 0 aromatic rings. The zero-order valence-corrected chi connectivity index (χ0v) is 10.6. The predicted octanol–water partition coefficient (Wildman–Crippen LogP) is 2.25. The summed E-state index contributed by atoms with van der Waals surface area (Å²) in [5.74, 6) is 1.04. The summed E-state index contributed by atoms with van der Waals surface area (Å²) in [4.78, 5) is 2.72. The summed E-state index contributed by atoms with van der Waals surface area (Å²) in [6.07, 6.45) is 5.86. The molecule has 0 aromatic heterocycles. The predicted molar refractivity (Wildman–Crippen MR) is 65.1 cm³/mol. The number of nitrogens with one attached hydrogen (secondary N) is 1. The van der Waals surface area contributed by atoms with Crippen molar-refractivity contribution in [2.24, 2.45) is 5.92 Å². The molecule has 2 heteroatoms. The molecule has 0 amide bonds. The Morgan fingerprint density at radius 2 is 1.80 bits per heavy atom. The largest absolute Gasteiger partial charge is 0.311 e. The lowest BCUT2D eigenvalue weighted by molar-refractivity contribution is 0.242. The Kier molecular flexibility index (Phi) is 3.36. The standard InChI is InChI=1S/C13H26N2/c1-13(2,3)14-8-9-15(12-6-7-12)10-11-4-5-11/h11-12,14H,4-10H2,1-3H3. The van der Waals surface area contributed by atoms with Gasteiger partial charge in [0.2, 0.25) is 0 Å². The summed E-state index contributed by atoms with van der Waals surface area (Å²) in [5, 5.41) is 3.59. The Labute approximate surface area is 94.4 Å². The molecule has 0 bridgehead atoms. The Morgan fingerprint density at radius 1 is 1.13 bits per heavy atom. The van der Waals surface area contributed by atoms with Crippen LogP contribution in [0.25, 0.3) is 0 Å². The third kappa shape index (κ3) is 4.52. The van der Waals surface area contributed by atoms with Gasteiger partial charge in [0, 0.05) is 31.2 Å². The first-order valence-corrected chi connectivity index (χ1v) is 6.54. The zero-order valence-electron chi connectivity index (χ0n) is 10.6. The topological polar surface area (TPSA) is 15.3 Å². The maximum Gasteiger partial charge on any atom is 0.0110 e. The smallest absolute Gasteiger partial charge is 0.0110 e. The average molecular weight is 210 g/mol. The van der Waals surface area contributed by atoms with Crippen molar-refractivity contribution in [1.82, 2.24) is 10.2 Å². The van der Waals surface area contributed by atoms with Crippen molar-refractivity contribution in [3.63, 3.8) is 0 Å². The highest BCUT2D eigenvalue weighted by Crippen LogP contribution is 2.34. The molecule has 2 aliphatic rings. The second-order valence-electron chi connectivity index (χ2n) is 6.35. The van der Waals surface area contributed by atoms with Crippen LogP contribution in [-0.4, -0.2) is 36.1 Å². The third-order valence-electron chi connectivity index (χ3n) is 3.31. The van der Waals surface area contributed by atoms with Crippen molar-refractivity contribution in [1.29, 1.82) is 0 Å². The highest BCUT2D eigenvalue weighted by molar-refractivity contribution is 4.88. The second-order valence-corrected chi connectivity index (χ2v) is 6.35. The van der Waals surface area contributed by atoms with Crippen LogP contribution in [0.4, 0.5) is 0 Å². The van der Waals surface area contributed by atoms with Crippen molar-refractivity contribution < 1.29 is 0 Å². The van der Waals surface area contributed by atoms with Gasteiger partial charge in [0.15, 0.2) is 0 Å². The molecule has 0 aromatic carbocycles. The van der Waals surface area contributed by atoms with Crippen LogP contribution in [0.3, 0.4) is 0 Å². The van der Waals surface area contributed by atoms with Gasteiger partial charge < -0.3 is 5.32 Å². The van der Waals surface area contributed by atoms with Crippen molar-refractivity contribution in [2.75, 3.05) is 19.6 Å². The molecule has 0 heterocycles. The van der Waals surface area contributed by atoms with E-state index in [1.807, 2.05) is 0 Å². The SMILES string of the molecule is CC(C)(C)NCCN(CC1CC1)C1CC1. The van der Waals surface area contributed by atoms with E-state index in [1.54, 1.807) is 0 Å². The molecule has 0 spiro atoms. The van der Waals surface area contributed by atoms with Crippen LogP contribution in [0.2, 0.25) is 0 Å². The number of hydrogen-bond acceptors (Lipinski definition) is 2. The summed E-state index contributed by atoms with van der Waals surface area (Å²) in [5.41, 5.74) is 0.273. The minimum Gasteiger partial charge on any atom is -0.311 e. The molecular formula is C13H26N2. The minimum absolute atomic E-state index is 0.273. The van der Waals surface area contributed by atoms with E-state index in [4.69, 9.17) is 0 Å². The van der Waals surface area contributed by atoms with Gasteiger partial charge in [-0.05, 0) is 52.4 Å². The average Bonchev–Trinajstić information content (AvgIpc) is 2.97. The molecule has 15 heavy (non-hydrogen) atoms.